The van der Waals surface area contributed by atoms with Crippen molar-refractivity contribution in [3.8, 4) is 5.75 Å². The summed E-state index contributed by atoms with van der Waals surface area (Å²) < 4.78 is 5.62. The van der Waals surface area contributed by atoms with Crippen LogP contribution in [0.4, 0.5) is 5.69 Å². The molecule has 130 valence electrons. The molecule has 0 aromatic heterocycles. The lowest BCUT2D eigenvalue weighted by Crippen LogP contribution is -2.47. The highest BCUT2D eigenvalue weighted by Gasteiger charge is 2.31. The number of ether oxygens (including phenoxy) is 1. The number of anilines is 1. The highest BCUT2D eigenvalue weighted by molar-refractivity contribution is 6.00. The lowest BCUT2D eigenvalue weighted by atomic mass is 9.86. The fraction of sp³-hybridized carbons (Fsp3) is 0.579. The number of hydrogen-bond donors (Lipinski definition) is 1. The molecule has 2 amide bonds. The molecule has 1 N–H and O–H groups in total. The number of fused-ring (bicyclic) bond motifs is 1. The molecule has 1 aliphatic carbocycles. The maximum atomic E-state index is 12.4. The molecule has 0 radical (unpaired) electrons. The third-order valence-corrected chi connectivity index (χ3v) is 5.09. The van der Waals surface area contributed by atoms with Crippen LogP contribution in [0.1, 0.15) is 46.0 Å². The number of carbonyl (C=O) groups excluding carboxylic acids is 2. The fourth-order valence-electron chi connectivity index (χ4n) is 3.61. The molecular formula is C19H26N2O3. The van der Waals surface area contributed by atoms with E-state index in [-0.39, 0.29) is 17.9 Å². The molecule has 24 heavy (non-hydrogen) atoms. The fourth-order valence-corrected chi connectivity index (χ4v) is 3.61. The van der Waals surface area contributed by atoms with Crippen molar-refractivity contribution in [3.63, 3.8) is 0 Å². The van der Waals surface area contributed by atoms with Crippen molar-refractivity contribution in [2.45, 2.75) is 58.1 Å². The van der Waals surface area contributed by atoms with E-state index >= 15 is 0 Å². The Bertz CT molecular complexity index is 616. The van der Waals surface area contributed by atoms with Gasteiger partial charge in [0.25, 0.3) is 5.91 Å². The molecular weight excluding hydrogens is 304 g/mol. The molecule has 1 aromatic rings. The molecule has 1 saturated carbocycles. The number of para-hydroxylation sites is 2. The average Bonchev–Trinajstić information content (AvgIpc) is 2.57. The summed E-state index contributed by atoms with van der Waals surface area (Å²) in [5.41, 5.74) is 0.749. The Morgan fingerprint density at radius 1 is 1.25 bits per heavy atom. The first-order valence-electron chi connectivity index (χ1n) is 8.92. The molecule has 3 atom stereocenters. The number of benzene rings is 1. The second kappa shape index (κ2) is 7.24. The molecule has 5 heteroatoms. The van der Waals surface area contributed by atoms with Crippen LogP contribution in [-0.2, 0) is 9.59 Å². The summed E-state index contributed by atoms with van der Waals surface area (Å²) in [6.45, 7) is 4.33. The standard InChI is InChI=1S/C19H26N2O3/c1-13-7-3-4-8-15(13)20-18(22)11-12-21-16-9-5-6-10-17(16)24-14(2)19(21)23/h5-6,9-10,13-15H,3-4,7-8,11-12H2,1-2H3,(H,20,22). The van der Waals surface area contributed by atoms with Crippen LogP contribution in [0.25, 0.3) is 0 Å². The summed E-state index contributed by atoms with van der Waals surface area (Å²) in [6, 6.07) is 7.76. The Hall–Kier alpha value is -2.04. The third kappa shape index (κ3) is 3.55. The molecule has 2 aliphatic rings. The molecule has 0 saturated heterocycles. The molecule has 3 unspecified atom stereocenters. The lowest BCUT2D eigenvalue weighted by molar-refractivity contribution is -0.125. The highest BCUT2D eigenvalue weighted by Crippen LogP contribution is 2.33. The van der Waals surface area contributed by atoms with Gasteiger partial charge in [0.1, 0.15) is 5.75 Å². The van der Waals surface area contributed by atoms with E-state index in [0.717, 1.165) is 12.1 Å². The van der Waals surface area contributed by atoms with Gasteiger partial charge in [-0.1, -0.05) is 31.9 Å². The predicted molar refractivity (Wildman–Crippen MR) is 93.1 cm³/mol. The van der Waals surface area contributed by atoms with Gasteiger partial charge in [0.2, 0.25) is 5.91 Å². The van der Waals surface area contributed by atoms with Crippen LogP contribution in [0, 0.1) is 5.92 Å². The molecule has 1 aliphatic heterocycles. The summed E-state index contributed by atoms with van der Waals surface area (Å²) in [7, 11) is 0. The number of nitrogens with zero attached hydrogens (tertiary/aromatic N) is 1. The summed E-state index contributed by atoms with van der Waals surface area (Å²) in [6.07, 6.45) is 4.48. The Labute approximate surface area is 143 Å². The first-order valence-corrected chi connectivity index (χ1v) is 8.92. The maximum Gasteiger partial charge on any atom is 0.267 e. The van der Waals surface area contributed by atoms with E-state index < -0.39 is 6.10 Å². The molecule has 1 fully saturated rings. The minimum atomic E-state index is -0.513. The SMILES string of the molecule is CC1Oc2ccccc2N(CCC(=O)NC2CCCCC2C)C1=O. The normalized spacial score (nSPS) is 26.5. The number of rotatable bonds is 4. The molecule has 3 rings (SSSR count). The van der Waals surface area contributed by atoms with Crippen LogP contribution in [0.2, 0.25) is 0 Å². The lowest BCUT2D eigenvalue weighted by Gasteiger charge is -2.33. The number of hydrogen-bond acceptors (Lipinski definition) is 3. The van der Waals surface area contributed by atoms with E-state index in [0.29, 0.717) is 24.6 Å². The van der Waals surface area contributed by atoms with Gasteiger partial charge in [-0.2, -0.15) is 0 Å². The van der Waals surface area contributed by atoms with E-state index in [1.807, 2.05) is 24.3 Å². The van der Waals surface area contributed by atoms with Crippen LogP contribution in [-0.4, -0.2) is 30.5 Å². The Kier molecular flexibility index (Phi) is 5.07. The zero-order valence-corrected chi connectivity index (χ0v) is 14.5. The van der Waals surface area contributed by atoms with Gasteiger partial charge in [-0.25, -0.2) is 0 Å². The maximum absolute atomic E-state index is 12.4. The third-order valence-electron chi connectivity index (χ3n) is 5.09. The molecule has 0 bridgehead atoms. The van der Waals surface area contributed by atoms with Crippen LogP contribution < -0.4 is 15.0 Å². The zero-order valence-electron chi connectivity index (χ0n) is 14.5. The topological polar surface area (TPSA) is 58.6 Å². The smallest absolute Gasteiger partial charge is 0.267 e. The van der Waals surface area contributed by atoms with Gasteiger partial charge in [0.15, 0.2) is 6.10 Å². The van der Waals surface area contributed by atoms with Crippen molar-refractivity contribution in [1.29, 1.82) is 0 Å². The monoisotopic (exact) mass is 330 g/mol. The van der Waals surface area contributed by atoms with Crippen molar-refractivity contribution >= 4 is 17.5 Å². The minimum Gasteiger partial charge on any atom is -0.479 e. The summed E-state index contributed by atoms with van der Waals surface area (Å²) in [4.78, 5) is 26.4. The van der Waals surface area contributed by atoms with Crippen LogP contribution >= 0.6 is 0 Å². The predicted octanol–water partition coefficient (Wildman–Crippen LogP) is 2.89. The van der Waals surface area contributed by atoms with Gasteiger partial charge < -0.3 is 15.0 Å². The van der Waals surface area contributed by atoms with E-state index in [9.17, 15) is 9.59 Å². The molecule has 0 spiro atoms. The largest absolute Gasteiger partial charge is 0.479 e. The Balaban J connectivity index is 1.61. The van der Waals surface area contributed by atoms with E-state index in [1.165, 1.54) is 19.3 Å². The molecule has 1 heterocycles. The van der Waals surface area contributed by atoms with Gasteiger partial charge in [0, 0.05) is 19.0 Å². The van der Waals surface area contributed by atoms with Crippen LogP contribution in [0.5, 0.6) is 5.75 Å². The van der Waals surface area contributed by atoms with Crippen LogP contribution in [0.3, 0.4) is 0 Å². The first-order chi connectivity index (χ1) is 11.6. The summed E-state index contributed by atoms with van der Waals surface area (Å²) in [5, 5.41) is 3.15. The number of amides is 2. The second-order valence-electron chi connectivity index (χ2n) is 6.90. The van der Waals surface area contributed by atoms with Crippen LogP contribution in [0.15, 0.2) is 24.3 Å². The molecule has 5 nitrogen and oxygen atoms in total. The van der Waals surface area contributed by atoms with Gasteiger partial charge in [-0.3, -0.25) is 9.59 Å². The van der Waals surface area contributed by atoms with Gasteiger partial charge >= 0.3 is 0 Å². The first kappa shape index (κ1) is 16.8. The van der Waals surface area contributed by atoms with Crippen molar-refractivity contribution in [3.05, 3.63) is 24.3 Å². The van der Waals surface area contributed by atoms with Gasteiger partial charge in [0.05, 0.1) is 5.69 Å². The number of nitrogens with one attached hydrogen (secondary N) is 1. The van der Waals surface area contributed by atoms with Gasteiger partial charge in [-0.05, 0) is 37.8 Å². The number of carbonyl (C=O) groups is 2. The summed E-state index contributed by atoms with van der Waals surface area (Å²) >= 11 is 0. The zero-order chi connectivity index (χ0) is 17.1. The van der Waals surface area contributed by atoms with E-state index in [4.69, 9.17) is 4.74 Å². The van der Waals surface area contributed by atoms with E-state index in [1.54, 1.807) is 11.8 Å². The van der Waals surface area contributed by atoms with Gasteiger partial charge in [-0.15, -0.1) is 0 Å². The summed E-state index contributed by atoms with van der Waals surface area (Å²) in [5.74, 6) is 1.17. The second-order valence-corrected chi connectivity index (χ2v) is 6.90. The highest BCUT2D eigenvalue weighted by atomic mass is 16.5. The van der Waals surface area contributed by atoms with Crippen molar-refractivity contribution in [2.75, 3.05) is 11.4 Å². The molecule has 1 aromatic carbocycles. The quantitative estimate of drug-likeness (QED) is 0.923. The Morgan fingerprint density at radius 2 is 2.00 bits per heavy atom. The van der Waals surface area contributed by atoms with Crippen molar-refractivity contribution in [2.24, 2.45) is 5.92 Å². The van der Waals surface area contributed by atoms with Crippen molar-refractivity contribution < 1.29 is 14.3 Å². The Morgan fingerprint density at radius 3 is 2.79 bits per heavy atom. The van der Waals surface area contributed by atoms with E-state index in [2.05, 4.69) is 12.2 Å². The minimum absolute atomic E-state index is 0.0261. The average molecular weight is 330 g/mol. The van der Waals surface area contributed by atoms with Crippen molar-refractivity contribution in [1.82, 2.24) is 5.32 Å².